The number of carbonyl (C=O) groups is 1. The highest BCUT2D eigenvalue weighted by molar-refractivity contribution is 7.19. The third-order valence-corrected chi connectivity index (χ3v) is 8.23. The van der Waals surface area contributed by atoms with Crippen LogP contribution in [-0.4, -0.2) is 40.4 Å². The van der Waals surface area contributed by atoms with Gasteiger partial charge in [-0.25, -0.2) is 14.4 Å². The standard InChI is InChI=1S/C26H29ClFN5OS/c27-20-13-18(8-9-21(20)28)32-25-24-19-10-12-33(15-22(19)35-26(24)31-16-30-25)23(34)7-4-11-29-14-17-5-2-1-3-6-17/h4,7-9,13,16-17,29H,1-3,5-6,10-12,14-15H2,(H,30,31,32)/b7-4+. The fourth-order valence-corrected chi connectivity index (χ4v) is 6.33. The van der Waals surface area contributed by atoms with Crippen LogP contribution in [0.25, 0.3) is 10.2 Å². The normalized spacial score (nSPS) is 16.7. The van der Waals surface area contributed by atoms with E-state index in [1.54, 1.807) is 29.5 Å². The van der Waals surface area contributed by atoms with Gasteiger partial charge in [0, 0.05) is 29.7 Å². The van der Waals surface area contributed by atoms with Gasteiger partial charge in [-0.15, -0.1) is 11.3 Å². The molecule has 2 N–H and O–H groups in total. The van der Waals surface area contributed by atoms with Gasteiger partial charge in [0.15, 0.2) is 0 Å². The van der Waals surface area contributed by atoms with Crippen molar-refractivity contribution in [2.75, 3.05) is 25.0 Å². The van der Waals surface area contributed by atoms with Crippen LogP contribution in [0.4, 0.5) is 15.9 Å². The van der Waals surface area contributed by atoms with Gasteiger partial charge in [-0.05, 0) is 55.5 Å². The number of rotatable bonds is 7. The zero-order valence-electron chi connectivity index (χ0n) is 19.5. The van der Waals surface area contributed by atoms with Gasteiger partial charge in [-0.2, -0.15) is 0 Å². The predicted octanol–water partition coefficient (Wildman–Crippen LogP) is 5.84. The molecule has 1 aliphatic carbocycles. The highest BCUT2D eigenvalue weighted by Crippen LogP contribution is 2.38. The van der Waals surface area contributed by atoms with E-state index in [1.165, 1.54) is 50.1 Å². The number of halogens is 2. The van der Waals surface area contributed by atoms with Crippen molar-refractivity contribution >= 4 is 50.6 Å². The molecule has 0 spiro atoms. The summed E-state index contributed by atoms with van der Waals surface area (Å²) in [5.41, 5.74) is 1.83. The van der Waals surface area contributed by atoms with Crippen molar-refractivity contribution in [2.24, 2.45) is 5.92 Å². The van der Waals surface area contributed by atoms with E-state index < -0.39 is 5.82 Å². The molecule has 2 aliphatic rings. The molecule has 1 fully saturated rings. The molecule has 9 heteroatoms. The van der Waals surface area contributed by atoms with Crippen LogP contribution < -0.4 is 10.6 Å². The Bertz CT molecular complexity index is 1240. The topological polar surface area (TPSA) is 70.2 Å². The van der Waals surface area contributed by atoms with Gasteiger partial charge in [0.25, 0.3) is 0 Å². The fourth-order valence-electron chi connectivity index (χ4n) is 4.95. The van der Waals surface area contributed by atoms with Crippen molar-refractivity contribution in [2.45, 2.75) is 45.1 Å². The molecule has 184 valence electrons. The van der Waals surface area contributed by atoms with Crippen LogP contribution in [0.5, 0.6) is 0 Å². The summed E-state index contributed by atoms with van der Waals surface area (Å²) in [5.74, 6) is 1.03. The largest absolute Gasteiger partial charge is 0.340 e. The molecule has 0 saturated heterocycles. The molecule has 0 unspecified atom stereocenters. The summed E-state index contributed by atoms with van der Waals surface area (Å²) < 4.78 is 13.5. The Kier molecular flexibility index (Phi) is 7.60. The average Bonchev–Trinajstić information content (AvgIpc) is 3.25. The molecule has 2 aromatic heterocycles. The summed E-state index contributed by atoms with van der Waals surface area (Å²) in [5, 5.41) is 7.74. The predicted molar refractivity (Wildman–Crippen MR) is 140 cm³/mol. The molecule has 35 heavy (non-hydrogen) atoms. The van der Waals surface area contributed by atoms with E-state index in [1.807, 2.05) is 11.0 Å². The second-order valence-corrected chi connectivity index (χ2v) is 10.7. The first-order chi connectivity index (χ1) is 17.1. The third-order valence-electron chi connectivity index (χ3n) is 6.81. The highest BCUT2D eigenvalue weighted by Gasteiger charge is 2.25. The lowest BCUT2D eigenvalue weighted by molar-refractivity contribution is -0.126. The second-order valence-electron chi connectivity index (χ2n) is 9.23. The maximum atomic E-state index is 13.5. The van der Waals surface area contributed by atoms with E-state index in [2.05, 4.69) is 20.6 Å². The number of thiophene rings is 1. The Morgan fingerprint density at radius 2 is 2.11 bits per heavy atom. The molecule has 0 atom stereocenters. The van der Waals surface area contributed by atoms with Crippen LogP contribution in [0.3, 0.4) is 0 Å². The van der Waals surface area contributed by atoms with Crippen molar-refractivity contribution in [3.63, 3.8) is 0 Å². The first-order valence-corrected chi connectivity index (χ1v) is 13.4. The monoisotopic (exact) mass is 513 g/mol. The minimum atomic E-state index is -0.461. The first kappa shape index (κ1) is 24.2. The second kappa shape index (κ2) is 11.0. The summed E-state index contributed by atoms with van der Waals surface area (Å²) >= 11 is 7.53. The van der Waals surface area contributed by atoms with E-state index in [0.29, 0.717) is 24.6 Å². The molecule has 3 heterocycles. The Morgan fingerprint density at radius 3 is 2.94 bits per heavy atom. The van der Waals surface area contributed by atoms with Crippen LogP contribution in [0.15, 0.2) is 36.7 Å². The van der Waals surface area contributed by atoms with Crippen LogP contribution in [-0.2, 0) is 17.8 Å². The summed E-state index contributed by atoms with van der Waals surface area (Å²) in [4.78, 5) is 25.6. The summed E-state index contributed by atoms with van der Waals surface area (Å²) in [6.45, 7) is 2.97. The van der Waals surface area contributed by atoms with E-state index >= 15 is 0 Å². The molecule has 1 saturated carbocycles. The lowest BCUT2D eigenvalue weighted by Gasteiger charge is -2.26. The minimum absolute atomic E-state index is 0.0398. The van der Waals surface area contributed by atoms with Crippen LogP contribution >= 0.6 is 22.9 Å². The van der Waals surface area contributed by atoms with E-state index in [0.717, 1.165) is 40.5 Å². The molecule has 3 aromatic rings. The zero-order valence-corrected chi connectivity index (χ0v) is 21.1. The number of hydrogen-bond acceptors (Lipinski definition) is 6. The lowest BCUT2D eigenvalue weighted by Crippen LogP contribution is -2.34. The number of fused-ring (bicyclic) bond motifs is 3. The highest BCUT2D eigenvalue weighted by atomic mass is 35.5. The Hall–Kier alpha value is -2.55. The average molecular weight is 514 g/mol. The number of benzene rings is 1. The summed E-state index contributed by atoms with van der Waals surface area (Å²) in [7, 11) is 0. The van der Waals surface area contributed by atoms with Crippen molar-refractivity contribution in [1.29, 1.82) is 0 Å². The maximum absolute atomic E-state index is 13.5. The first-order valence-electron chi connectivity index (χ1n) is 12.2. The number of aromatic nitrogens is 2. The van der Waals surface area contributed by atoms with Gasteiger partial charge in [0.05, 0.1) is 17.0 Å². The van der Waals surface area contributed by atoms with Gasteiger partial charge in [0.2, 0.25) is 5.91 Å². The molecule has 1 aromatic carbocycles. The Labute approximate surface area is 213 Å². The maximum Gasteiger partial charge on any atom is 0.246 e. The quantitative estimate of drug-likeness (QED) is 0.307. The fraction of sp³-hybridized carbons (Fsp3) is 0.423. The molecule has 0 bridgehead atoms. The SMILES string of the molecule is O=C(/C=C/CNCC1CCCCC1)N1CCc2c(sc3ncnc(Nc4ccc(F)c(Cl)c4)c23)C1. The number of hydrogen-bond donors (Lipinski definition) is 2. The molecule has 6 nitrogen and oxygen atoms in total. The van der Waals surface area contributed by atoms with E-state index in [4.69, 9.17) is 11.6 Å². The van der Waals surface area contributed by atoms with Crippen molar-refractivity contribution in [3.05, 3.63) is 58.0 Å². The number of nitrogens with one attached hydrogen (secondary N) is 2. The molecular weight excluding hydrogens is 485 g/mol. The Morgan fingerprint density at radius 1 is 1.26 bits per heavy atom. The third kappa shape index (κ3) is 5.66. The van der Waals surface area contributed by atoms with Gasteiger partial charge in [-0.3, -0.25) is 4.79 Å². The van der Waals surface area contributed by atoms with E-state index in [9.17, 15) is 9.18 Å². The van der Waals surface area contributed by atoms with Gasteiger partial charge in [0.1, 0.15) is 22.8 Å². The summed E-state index contributed by atoms with van der Waals surface area (Å²) in [6.07, 6.45) is 12.6. The Balaban J connectivity index is 1.22. The van der Waals surface area contributed by atoms with Gasteiger partial charge < -0.3 is 15.5 Å². The van der Waals surface area contributed by atoms with E-state index in [-0.39, 0.29) is 10.9 Å². The van der Waals surface area contributed by atoms with Gasteiger partial charge >= 0.3 is 0 Å². The molecule has 1 aliphatic heterocycles. The van der Waals surface area contributed by atoms with Crippen LogP contribution in [0, 0.1) is 11.7 Å². The summed E-state index contributed by atoms with van der Waals surface area (Å²) in [6, 6.07) is 4.50. The van der Waals surface area contributed by atoms with Crippen molar-refractivity contribution in [1.82, 2.24) is 20.2 Å². The molecule has 0 radical (unpaired) electrons. The smallest absolute Gasteiger partial charge is 0.246 e. The lowest BCUT2D eigenvalue weighted by atomic mass is 9.89. The van der Waals surface area contributed by atoms with Gasteiger partial charge in [-0.1, -0.05) is 36.9 Å². The van der Waals surface area contributed by atoms with Crippen molar-refractivity contribution < 1.29 is 9.18 Å². The zero-order chi connectivity index (χ0) is 24.2. The molecular formula is C26H29ClFN5OS. The molecule has 1 amide bonds. The number of carbonyl (C=O) groups excluding carboxylic acids is 1. The number of amides is 1. The number of nitrogens with zero attached hydrogens (tertiary/aromatic N) is 3. The molecule has 5 rings (SSSR count). The minimum Gasteiger partial charge on any atom is -0.340 e. The van der Waals surface area contributed by atoms with Crippen LogP contribution in [0.1, 0.15) is 42.5 Å². The van der Waals surface area contributed by atoms with Crippen LogP contribution in [0.2, 0.25) is 5.02 Å². The van der Waals surface area contributed by atoms with Crippen molar-refractivity contribution in [3.8, 4) is 0 Å². The number of anilines is 2.